The molecule has 1 amide bonds. The summed E-state index contributed by atoms with van der Waals surface area (Å²) in [5, 5.41) is 14.2. The van der Waals surface area contributed by atoms with Crippen molar-refractivity contribution in [2.24, 2.45) is 0 Å². The molecule has 6 nitrogen and oxygen atoms in total. The van der Waals surface area contributed by atoms with Gasteiger partial charge in [0.1, 0.15) is 0 Å². The molecule has 130 valence electrons. The Morgan fingerprint density at radius 2 is 2.12 bits per heavy atom. The Morgan fingerprint density at radius 3 is 2.92 bits per heavy atom. The molecule has 0 bridgehead atoms. The second-order valence-electron chi connectivity index (χ2n) is 5.87. The van der Waals surface area contributed by atoms with Gasteiger partial charge in [-0.2, -0.15) is 0 Å². The summed E-state index contributed by atoms with van der Waals surface area (Å²) in [5.41, 5.74) is 2.11. The number of hydrogen-bond acceptors (Lipinski definition) is 4. The molecule has 25 heavy (non-hydrogen) atoms. The van der Waals surface area contributed by atoms with Crippen molar-refractivity contribution in [1.82, 2.24) is 5.32 Å². The van der Waals surface area contributed by atoms with E-state index in [0.717, 1.165) is 24.8 Å². The van der Waals surface area contributed by atoms with E-state index in [1.165, 1.54) is 23.8 Å². The number of aryl methyl sites for hydroxylation is 1. The molecule has 0 unspecified atom stereocenters. The largest absolute Gasteiger partial charge is 0.477 e. The third-order valence-electron chi connectivity index (χ3n) is 4.18. The summed E-state index contributed by atoms with van der Waals surface area (Å²) in [6.07, 6.45) is 2.88. The number of fused-ring (bicyclic) bond motifs is 1. The van der Waals surface area contributed by atoms with E-state index in [-0.39, 0.29) is 35.0 Å². The Labute approximate surface area is 149 Å². The van der Waals surface area contributed by atoms with Crippen LogP contribution in [0, 0.1) is 10.1 Å². The number of rotatable bonds is 5. The average molecular weight is 361 g/mol. The number of amides is 1. The Balaban J connectivity index is 1.64. The maximum Gasteiger partial charge on any atom is 0.312 e. The fourth-order valence-electron chi connectivity index (χ4n) is 3.04. The van der Waals surface area contributed by atoms with E-state index in [4.69, 9.17) is 16.3 Å². The zero-order chi connectivity index (χ0) is 17.8. The lowest BCUT2D eigenvalue weighted by atomic mass is 9.88. The first-order valence-electron chi connectivity index (χ1n) is 7.98. The molecule has 0 aromatic heterocycles. The molecule has 1 atom stereocenters. The van der Waals surface area contributed by atoms with Gasteiger partial charge in [0.25, 0.3) is 5.91 Å². The molecule has 0 aliphatic heterocycles. The molecule has 0 radical (unpaired) electrons. The first kappa shape index (κ1) is 17.2. The summed E-state index contributed by atoms with van der Waals surface area (Å²) in [6.45, 7) is -0.291. The van der Waals surface area contributed by atoms with Gasteiger partial charge in [0.2, 0.25) is 0 Å². The van der Waals surface area contributed by atoms with Crippen LogP contribution in [-0.4, -0.2) is 17.4 Å². The minimum atomic E-state index is -0.587. The summed E-state index contributed by atoms with van der Waals surface area (Å²) in [6, 6.07) is 12.1. The lowest BCUT2D eigenvalue weighted by Gasteiger charge is -2.26. The van der Waals surface area contributed by atoms with Gasteiger partial charge in [-0.05, 0) is 42.5 Å². The summed E-state index contributed by atoms with van der Waals surface area (Å²) in [7, 11) is 0. The number of hydrogen-bond donors (Lipinski definition) is 1. The molecule has 7 heteroatoms. The molecule has 0 heterocycles. The van der Waals surface area contributed by atoms with Gasteiger partial charge in [-0.1, -0.05) is 35.9 Å². The van der Waals surface area contributed by atoms with Crippen LogP contribution in [0.25, 0.3) is 0 Å². The molecule has 0 saturated heterocycles. The van der Waals surface area contributed by atoms with Gasteiger partial charge < -0.3 is 10.1 Å². The van der Waals surface area contributed by atoms with E-state index >= 15 is 0 Å². The summed E-state index contributed by atoms with van der Waals surface area (Å²) >= 11 is 5.76. The number of halogens is 1. The van der Waals surface area contributed by atoms with Crippen LogP contribution in [0.4, 0.5) is 5.69 Å². The van der Waals surface area contributed by atoms with Crippen molar-refractivity contribution in [2.45, 2.75) is 25.3 Å². The van der Waals surface area contributed by atoms with E-state index in [0.29, 0.717) is 0 Å². The molecule has 1 N–H and O–H groups in total. The van der Waals surface area contributed by atoms with Crippen molar-refractivity contribution >= 4 is 23.2 Å². The number of benzene rings is 2. The highest BCUT2D eigenvalue weighted by atomic mass is 35.5. The van der Waals surface area contributed by atoms with Crippen LogP contribution in [0.2, 0.25) is 5.02 Å². The van der Waals surface area contributed by atoms with Gasteiger partial charge in [-0.3, -0.25) is 14.9 Å². The number of nitro groups is 1. The Hall–Kier alpha value is -2.60. The molecule has 0 spiro atoms. The summed E-state index contributed by atoms with van der Waals surface area (Å²) in [5.74, 6) is -0.292. The van der Waals surface area contributed by atoms with Gasteiger partial charge in [-0.25, -0.2) is 0 Å². The predicted octanol–water partition coefficient (Wildman–Crippen LogP) is 3.82. The second kappa shape index (κ2) is 7.53. The third-order valence-corrected chi connectivity index (χ3v) is 4.42. The first-order chi connectivity index (χ1) is 12.0. The monoisotopic (exact) mass is 360 g/mol. The quantitative estimate of drug-likeness (QED) is 0.649. The molecule has 1 aliphatic rings. The van der Waals surface area contributed by atoms with Crippen LogP contribution < -0.4 is 10.1 Å². The molecule has 3 rings (SSSR count). The summed E-state index contributed by atoms with van der Waals surface area (Å²) < 4.78 is 5.33. The minimum Gasteiger partial charge on any atom is -0.477 e. The Bertz CT molecular complexity index is 809. The molecule has 2 aromatic carbocycles. The van der Waals surface area contributed by atoms with E-state index in [1.807, 2.05) is 18.2 Å². The summed E-state index contributed by atoms with van der Waals surface area (Å²) in [4.78, 5) is 22.7. The van der Waals surface area contributed by atoms with Crippen molar-refractivity contribution in [3.63, 3.8) is 0 Å². The maximum atomic E-state index is 12.2. The Morgan fingerprint density at radius 1 is 1.32 bits per heavy atom. The number of carbonyl (C=O) groups excluding carboxylic acids is 1. The maximum absolute atomic E-state index is 12.2. The zero-order valence-electron chi connectivity index (χ0n) is 13.4. The highest BCUT2D eigenvalue weighted by Gasteiger charge is 2.22. The fraction of sp³-hybridized carbons (Fsp3) is 0.278. The van der Waals surface area contributed by atoms with Crippen LogP contribution in [0.5, 0.6) is 5.75 Å². The highest BCUT2D eigenvalue weighted by Crippen LogP contribution is 2.31. The fourth-order valence-corrected chi connectivity index (χ4v) is 3.20. The highest BCUT2D eigenvalue weighted by molar-refractivity contribution is 6.30. The molecule has 2 aromatic rings. The van der Waals surface area contributed by atoms with Gasteiger partial charge in [0.15, 0.2) is 12.4 Å². The normalized spacial score (nSPS) is 16.0. The van der Waals surface area contributed by atoms with Crippen molar-refractivity contribution in [3.8, 4) is 5.75 Å². The van der Waals surface area contributed by atoms with Crippen molar-refractivity contribution in [1.29, 1.82) is 0 Å². The van der Waals surface area contributed by atoms with E-state index < -0.39 is 4.92 Å². The third kappa shape index (κ3) is 4.09. The lowest BCUT2D eigenvalue weighted by Crippen LogP contribution is -2.34. The van der Waals surface area contributed by atoms with E-state index in [9.17, 15) is 14.9 Å². The standard InChI is InChI=1S/C18H17ClN2O4/c19-13-8-9-17(16(10-13)21(23)24)25-11-18(22)20-15-7-3-5-12-4-1-2-6-14(12)15/h1-2,4,6,8-10,15H,3,5,7,11H2,(H,20,22)/t15-/m0/s1. The van der Waals surface area contributed by atoms with Gasteiger partial charge >= 0.3 is 5.69 Å². The average Bonchev–Trinajstić information content (AvgIpc) is 2.61. The zero-order valence-corrected chi connectivity index (χ0v) is 14.2. The molecule has 1 aliphatic carbocycles. The van der Waals surface area contributed by atoms with Gasteiger partial charge in [0.05, 0.1) is 11.0 Å². The number of nitrogens with one attached hydrogen (secondary N) is 1. The minimum absolute atomic E-state index is 0.0218. The lowest BCUT2D eigenvalue weighted by molar-refractivity contribution is -0.385. The first-order valence-corrected chi connectivity index (χ1v) is 8.36. The molecule has 0 fully saturated rings. The van der Waals surface area contributed by atoms with Crippen LogP contribution in [0.1, 0.15) is 30.0 Å². The van der Waals surface area contributed by atoms with Gasteiger partial charge in [-0.15, -0.1) is 0 Å². The SMILES string of the molecule is O=C(COc1ccc(Cl)cc1[N+](=O)[O-])N[C@H]1CCCc2ccccc21. The molecular formula is C18H17ClN2O4. The van der Waals surface area contributed by atoms with Crippen LogP contribution >= 0.6 is 11.6 Å². The van der Waals surface area contributed by atoms with E-state index in [1.54, 1.807) is 0 Å². The van der Waals surface area contributed by atoms with Crippen LogP contribution in [-0.2, 0) is 11.2 Å². The number of carbonyl (C=O) groups is 1. The second-order valence-corrected chi connectivity index (χ2v) is 6.31. The van der Waals surface area contributed by atoms with Crippen molar-refractivity contribution < 1.29 is 14.5 Å². The van der Waals surface area contributed by atoms with Crippen molar-refractivity contribution in [2.75, 3.05) is 6.61 Å². The topological polar surface area (TPSA) is 81.5 Å². The predicted molar refractivity (Wildman–Crippen MR) is 93.9 cm³/mol. The number of nitrogens with zero attached hydrogens (tertiary/aromatic N) is 1. The number of nitro benzene ring substituents is 1. The Kier molecular flexibility index (Phi) is 5.19. The molecule has 0 saturated carbocycles. The molecular weight excluding hydrogens is 344 g/mol. The van der Waals surface area contributed by atoms with Crippen LogP contribution in [0.3, 0.4) is 0 Å². The van der Waals surface area contributed by atoms with Crippen LogP contribution in [0.15, 0.2) is 42.5 Å². The number of ether oxygens (including phenoxy) is 1. The smallest absolute Gasteiger partial charge is 0.312 e. The van der Waals surface area contributed by atoms with E-state index in [2.05, 4.69) is 11.4 Å². The van der Waals surface area contributed by atoms with Gasteiger partial charge in [0, 0.05) is 11.1 Å². The van der Waals surface area contributed by atoms with Crippen molar-refractivity contribution in [3.05, 3.63) is 68.7 Å².